The lowest BCUT2D eigenvalue weighted by Crippen LogP contribution is -2.48. The number of hydrogen-bond donors (Lipinski definition) is 1. The first-order chi connectivity index (χ1) is 13.1. The van der Waals surface area contributed by atoms with Crippen LogP contribution in [0.15, 0.2) is 42.5 Å². The normalized spacial score (nSPS) is 14.9. The summed E-state index contributed by atoms with van der Waals surface area (Å²) in [7, 11) is 0. The van der Waals surface area contributed by atoms with E-state index in [0.717, 1.165) is 42.5 Å². The summed E-state index contributed by atoms with van der Waals surface area (Å²) in [5.41, 5.74) is 3.01. The van der Waals surface area contributed by atoms with Gasteiger partial charge in [0.2, 0.25) is 5.91 Å². The molecule has 0 spiro atoms. The van der Waals surface area contributed by atoms with E-state index in [1.54, 1.807) is 0 Å². The molecule has 1 amide bonds. The van der Waals surface area contributed by atoms with E-state index >= 15 is 0 Å². The van der Waals surface area contributed by atoms with Crippen molar-refractivity contribution in [3.8, 4) is 5.75 Å². The number of carbonyl (C=O) groups excluding carboxylic acids is 1. The Balaban J connectivity index is 1.53. The first-order valence-electron chi connectivity index (χ1n) is 9.32. The van der Waals surface area contributed by atoms with Gasteiger partial charge < -0.3 is 15.0 Å². The van der Waals surface area contributed by atoms with Crippen LogP contribution in [-0.2, 0) is 4.79 Å². The van der Waals surface area contributed by atoms with Gasteiger partial charge in [0.1, 0.15) is 5.75 Å². The van der Waals surface area contributed by atoms with Crippen molar-refractivity contribution < 1.29 is 9.53 Å². The number of nitrogens with one attached hydrogen (secondary N) is 1. The van der Waals surface area contributed by atoms with E-state index < -0.39 is 0 Å². The van der Waals surface area contributed by atoms with Crippen LogP contribution in [0, 0.1) is 6.92 Å². The fraction of sp³-hybridized carbons (Fsp3) is 0.381. The Labute approximate surface area is 165 Å². The van der Waals surface area contributed by atoms with Crippen molar-refractivity contribution in [1.29, 1.82) is 0 Å². The van der Waals surface area contributed by atoms with E-state index in [0.29, 0.717) is 18.9 Å². The highest BCUT2D eigenvalue weighted by Crippen LogP contribution is 2.27. The number of benzene rings is 2. The summed E-state index contributed by atoms with van der Waals surface area (Å²) >= 11 is 6.24. The molecule has 0 radical (unpaired) electrons. The van der Waals surface area contributed by atoms with Crippen molar-refractivity contribution in [2.24, 2.45) is 0 Å². The molecule has 6 heteroatoms. The molecule has 1 N–H and O–H groups in total. The Kier molecular flexibility index (Phi) is 6.58. The van der Waals surface area contributed by atoms with Crippen LogP contribution in [0.25, 0.3) is 0 Å². The predicted octanol–water partition coefficient (Wildman–Crippen LogP) is 3.81. The van der Waals surface area contributed by atoms with Gasteiger partial charge in [-0.3, -0.25) is 9.69 Å². The molecular formula is C21H26ClN3O2. The lowest BCUT2D eigenvalue weighted by Gasteiger charge is -2.36. The van der Waals surface area contributed by atoms with Gasteiger partial charge in [0.15, 0.2) is 0 Å². The average Bonchev–Trinajstić information content (AvgIpc) is 2.66. The second kappa shape index (κ2) is 9.11. The van der Waals surface area contributed by atoms with Crippen LogP contribution < -0.4 is 15.0 Å². The molecule has 0 aromatic heterocycles. The molecule has 1 aliphatic heterocycles. The Morgan fingerprint density at radius 3 is 2.59 bits per heavy atom. The summed E-state index contributed by atoms with van der Waals surface area (Å²) < 4.78 is 5.57. The lowest BCUT2D eigenvalue weighted by molar-refractivity contribution is -0.117. The number of nitrogens with zero attached hydrogens (tertiary/aromatic N) is 2. The van der Waals surface area contributed by atoms with Gasteiger partial charge in [0.25, 0.3) is 0 Å². The number of para-hydroxylation sites is 2. The maximum Gasteiger partial charge on any atom is 0.238 e. The minimum atomic E-state index is -0.0189. The van der Waals surface area contributed by atoms with E-state index in [2.05, 4.69) is 21.2 Å². The summed E-state index contributed by atoms with van der Waals surface area (Å²) in [5, 5.41) is 3.76. The quantitative estimate of drug-likeness (QED) is 0.818. The maximum atomic E-state index is 12.4. The topological polar surface area (TPSA) is 44.8 Å². The number of hydrogen-bond acceptors (Lipinski definition) is 4. The molecule has 1 fully saturated rings. The molecule has 27 heavy (non-hydrogen) atoms. The molecule has 0 atom stereocenters. The Bertz CT molecular complexity index is 789. The van der Waals surface area contributed by atoms with Gasteiger partial charge in [-0.1, -0.05) is 29.8 Å². The molecule has 1 heterocycles. The van der Waals surface area contributed by atoms with E-state index in [4.69, 9.17) is 16.3 Å². The van der Waals surface area contributed by atoms with Crippen LogP contribution in [-0.4, -0.2) is 50.1 Å². The number of carbonyl (C=O) groups is 1. The van der Waals surface area contributed by atoms with Crippen molar-refractivity contribution in [3.63, 3.8) is 0 Å². The molecule has 144 valence electrons. The van der Waals surface area contributed by atoms with Gasteiger partial charge in [0.05, 0.1) is 18.8 Å². The fourth-order valence-electron chi connectivity index (χ4n) is 3.33. The summed E-state index contributed by atoms with van der Waals surface area (Å²) in [6.07, 6.45) is 0. The average molecular weight is 388 g/mol. The van der Waals surface area contributed by atoms with Crippen LogP contribution in [0.1, 0.15) is 12.5 Å². The van der Waals surface area contributed by atoms with Gasteiger partial charge >= 0.3 is 0 Å². The van der Waals surface area contributed by atoms with Crippen LogP contribution in [0.3, 0.4) is 0 Å². The number of ether oxygens (including phenoxy) is 1. The third-order valence-electron chi connectivity index (χ3n) is 4.78. The van der Waals surface area contributed by atoms with E-state index in [1.165, 1.54) is 5.69 Å². The smallest absolute Gasteiger partial charge is 0.238 e. The van der Waals surface area contributed by atoms with Crippen LogP contribution in [0.2, 0.25) is 5.02 Å². The van der Waals surface area contributed by atoms with Gasteiger partial charge in [-0.05, 0) is 43.7 Å². The molecule has 0 unspecified atom stereocenters. The maximum absolute atomic E-state index is 12.4. The summed E-state index contributed by atoms with van der Waals surface area (Å²) in [5.74, 6) is 0.684. The fourth-order valence-corrected chi connectivity index (χ4v) is 3.50. The highest BCUT2D eigenvalue weighted by molar-refractivity contribution is 6.31. The summed E-state index contributed by atoms with van der Waals surface area (Å²) in [6, 6.07) is 13.5. The Hall–Kier alpha value is -2.24. The molecule has 1 aliphatic rings. The molecule has 5 nitrogen and oxygen atoms in total. The third kappa shape index (κ3) is 4.93. The predicted molar refractivity (Wildman–Crippen MR) is 111 cm³/mol. The lowest BCUT2D eigenvalue weighted by atomic mass is 10.1. The van der Waals surface area contributed by atoms with Gasteiger partial charge in [-0.25, -0.2) is 0 Å². The molecule has 2 aromatic carbocycles. The second-order valence-corrected chi connectivity index (χ2v) is 7.03. The third-order valence-corrected chi connectivity index (χ3v) is 5.19. The largest absolute Gasteiger partial charge is 0.492 e. The van der Waals surface area contributed by atoms with Crippen LogP contribution >= 0.6 is 11.6 Å². The molecule has 3 rings (SSSR count). The first-order valence-corrected chi connectivity index (χ1v) is 9.70. The summed E-state index contributed by atoms with van der Waals surface area (Å²) in [4.78, 5) is 17.0. The van der Waals surface area contributed by atoms with Crippen LogP contribution in [0.5, 0.6) is 5.75 Å². The van der Waals surface area contributed by atoms with Gasteiger partial charge in [0, 0.05) is 36.9 Å². The number of halogens is 1. The zero-order valence-corrected chi connectivity index (χ0v) is 16.6. The van der Waals surface area contributed by atoms with E-state index in [9.17, 15) is 4.79 Å². The minimum Gasteiger partial charge on any atom is -0.492 e. The molecule has 1 saturated heterocycles. The monoisotopic (exact) mass is 387 g/mol. The number of rotatable bonds is 6. The molecule has 2 aromatic rings. The highest BCUT2D eigenvalue weighted by atomic mass is 35.5. The van der Waals surface area contributed by atoms with E-state index in [-0.39, 0.29) is 5.91 Å². The second-order valence-electron chi connectivity index (χ2n) is 6.62. The Morgan fingerprint density at radius 2 is 1.85 bits per heavy atom. The minimum absolute atomic E-state index is 0.0189. The molecular weight excluding hydrogens is 362 g/mol. The zero-order chi connectivity index (χ0) is 19.2. The van der Waals surface area contributed by atoms with Crippen LogP contribution in [0.4, 0.5) is 11.4 Å². The van der Waals surface area contributed by atoms with E-state index in [1.807, 2.05) is 50.2 Å². The van der Waals surface area contributed by atoms with Gasteiger partial charge in [-0.2, -0.15) is 0 Å². The number of amides is 1. The highest BCUT2D eigenvalue weighted by Gasteiger charge is 2.21. The zero-order valence-electron chi connectivity index (χ0n) is 15.9. The molecule has 0 saturated carbocycles. The number of anilines is 2. The van der Waals surface area contributed by atoms with Crippen molar-refractivity contribution in [2.45, 2.75) is 13.8 Å². The molecule has 0 bridgehead atoms. The van der Waals surface area contributed by atoms with Crippen molar-refractivity contribution >= 4 is 28.9 Å². The first kappa shape index (κ1) is 19.5. The Morgan fingerprint density at radius 1 is 1.11 bits per heavy atom. The van der Waals surface area contributed by atoms with Crippen molar-refractivity contribution in [1.82, 2.24) is 4.90 Å². The SMILES string of the molecule is CCOc1ccccc1NC(=O)CN1CCN(c2cccc(Cl)c2C)CC1. The molecule has 0 aliphatic carbocycles. The van der Waals surface area contributed by atoms with Gasteiger partial charge in [-0.15, -0.1) is 0 Å². The standard InChI is InChI=1S/C21H26ClN3O2/c1-3-27-20-10-5-4-8-18(20)23-21(26)15-24-11-13-25(14-12-24)19-9-6-7-17(22)16(19)2/h4-10H,3,11-15H2,1-2H3,(H,23,26). The number of piperazine rings is 1. The summed E-state index contributed by atoms with van der Waals surface area (Å²) in [6.45, 7) is 8.36. The van der Waals surface area contributed by atoms with Crippen molar-refractivity contribution in [3.05, 3.63) is 53.1 Å². The van der Waals surface area contributed by atoms with Crippen molar-refractivity contribution in [2.75, 3.05) is 49.5 Å².